The summed E-state index contributed by atoms with van der Waals surface area (Å²) in [5.41, 5.74) is 0.255. The Morgan fingerprint density at radius 2 is 1.87 bits per heavy atom. The van der Waals surface area contributed by atoms with Crippen LogP contribution in [0.4, 0.5) is 13.2 Å². The molecule has 0 amide bonds. The van der Waals surface area contributed by atoms with E-state index in [-0.39, 0.29) is 22.0 Å². The number of aromatic nitrogens is 1. The number of rotatable bonds is 4. The zero-order chi connectivity index (χ0) is 16.6. The van der Waals surface area contributed by atoms with E-state index in [0.29, 0.717) is 4.70 Å². The molecule has 0 bridgehead atoms. The molecule has 0 fully saturated rings. The third kappa shape index (κ3) is 3.26. The molecule has 0 atom stereocenters. The zero-order valence-corrected chi connectivity index (χ0v) is 12.2. The summed E-state index contributed by atoms with van der Waals surface area (Å²) in [6.07, 6.45) is -0.439. The Balaban J connectivity index is 1.87. The molecule has 0 spiro atoms. The molecule has 118 valence electrons. The third-order valence-corrected chi connectivity index (χ3v) is 3.88. The van der Waals surface area contributed by atoms with Gasteiger partial charge < -0.3 is 9.84 Å². The number of carbonyl (C=O) groups is 1. The summed E-state index contributed by atoms with van der Waals surface area (Å²) in [6, 6.07) is 5.68. The predicted molar refractivity (Wildman–Crippen MR) is 77.3 cm³/mol. The van der Waals surface area contributed by atoms with Gasteiger partial charge in [0.05, 0.1) is 16.6 Å². The SMILES string of the molecule is O=C(O)Cc1ccc(Oc2nc3cc(F)c(F)cc3s2)cc1F. The Bertz CT molecular complexity index is 871. The van der Waals surface area contributed by atoms with Crippen molar-refractivity contribution in [3.05, 3.63) is 53.3 Å². The first kappa shape index (κ1) is 15.3. The summed E-state index contributed by atoms with van der Waals surface area (Å²) in [7, 11) is 0. The molecule has 0 saturated carbocycles. The van der Waals surface area contributed by atoms with Gasteiger partial charge in [0, 0.05) is 12.1 Å². The van der Waals surface area contributed by atoms with E-state index >= 15 is 0 Å². The van der Waals surface area contributed by atoms with Crippen LogP contribution < -0.4 is 4.74 Å². The number of aliphatic carboxylic acids is 1. The number of carboxylic acid groups (broad SMARTS) is 1. The number of hydrogen-bond acceptors (Lipinski definition) is 4. The van der Waals surface area contributed by atoms with Crippen molar-refractivity contribution in [3.63, 3.8) is 0 Å². The molecule has 0 aliphatic carbocycles. The minimum atomic E-state index is -1.15. The van der Waals surface area contributed by atoms with Gasteiger partial charge in [-0.25, -0.2) is 18.2 Å². The van der Waals surface area contributed by atoms with Crippen LogP contribution in [-0.4, -0.2) is 16.1 Å². The van der Waals surface area contributed by atoms with Gasteiger partial charge in [0.1, 0.15) is 11.6 Å². The smallest absolute Gasteiger partial charge is 0.307 e. The molecule has 23 heavy (non-hydrogen) atoms. The van der Waals surface area contributed by atoms with Gasteiger partial charge in [-0.3, -0.25) is 4.79 Å². The van der Waals surface area contributed by atoms with Gasteiger partial charge in [0.2, 0.25) is 0 Å². The summed E-state index contributed by atoms with van der Waals surface area (Å²) in [6.45, 7) is 0. The molecule has 3 rings (SSSR count). The van der Waals surface area contributed by atoms with Crippen LogP contribution in [0.5, 0.6) is 10.9 Å². The average Bonchev–Trinajstić information content (AvgIpc) is 2.83. The van der Waals surface area contributed by atoms with E-state index in [2.05, 4.69) is 4.98 Å². The largest absolute Gasteiger partial charge is 0.481 e. The fraction of sp³-hybridized carbons (Fsp3) is 0.0667. The van der Waals surface area contributed by atoms with Gasteiger partial charge >= 0.3 is 5.97 Å². The van der Waals surface area contributed by atoms with Gasteiger partial charge in [-0.15, -0.1) is 0 Å². The van der Waals surface area contributed by atoms with E-state index in [9.17, 15) is 18.0 Å². The average molecular weight is 339 g/mol. The summed E-state index contributed by atoms with van der Waals surface area (Å²) >= 11 is 0.979. The van der Waals surface area contributed by atoms with Gasteiger partial charge in [-0.1, -0.05) is 17.4 Å². The molecule has 0 aliphatic rings. The number of fused-ring (bicyclic) bond motifs is 1. The minimum Gasteiger partial charge on any atom is -0.481 e. The monoisotopic (exact) mass is 339 g/mol. The fourth-order valence-corrected chi connectivity index (χ4v) is 2.79. The molecule has 0 unspecified atom stereocenters. The number of benzene rings is 2. The highest BCUT2D eigenvalue weighted by molar-refractivity contribution is 7.20. The second kappa shape index (κ2) is 5.88. The van der Waals surface area contributed by atoms with E-state index in [1.807, 2.05) is 0 Å². The lowest BCUT2D eigenvalue weighted by molar-refractivity contribution is -0.136. The van der Waals surface area contributed by atoms with Crippen molar-refractivity contribution in [2.45, 2.75) is 6.42 Å². The Hall–Kier alpha value is -2.61. The first-order valence-corrected chi connectivity index (χ1v) is 7.17. The van der Waals surface area contributed by atoms with Crippen LogP contribution in [-0.2, 0) is 11.2 Å². The molecule has 0 radical (unpaired) electrons. The van der Waals surface area contributed by atoms with Crippen LogP contribution in [0.3, 0.4) is 0 Å². The van der Waals surface area contributed by atoms with E-state index in [1.165, 1.54) is 12.1 Å². The van der Waals surface area contributed by atoms with Crippen molar-refractivity contribution < 1.29 is 27.8 Å². The minimum absolute atomic E-state index is 0.0262. The summed E-state index contributed by atoms with van der Waals surface area (Å²) < 4.78 is 45.8. The highest BCUT2D eigenvalue weighted by Crippen LogP contribution is 2.32. The summed E-state index contributed by atoms with van der Waals surface area (Å²) in [5, 5.41) is 8.75. The first-order chi connectivity index (χ1) is 10.9. The molecule has 0 aliphatic heterocycles. The lowest BCUT2D eigenvalue weighted by Crippen LogP contribution is -2.02. The lowest BCUT2D eigenvalue weighted by atomic mass is 10.1. The van der Waals surface area contributed by atoms with Gasteiger partial charge in [-0.05, 0) is 17.7 Å². The maximum absolute atomic E-state index is 13.8. The molecule has 8 heteroatoms. The van der Waals surface area contributed by atoms with Gasteiger partial charge in [-0.2, -0.15) is 0 Å². The lowest BCUT2D eigenvalue weighted by Gasteiger charge is -2.04. The number of carboxylic acids is 1. The molecule has 3 aromatic rings. The summed E-state index contributed by atoms with van der Waals surface area (Å²) in [5.74, 6) is -3.76. The predicted octanol–water partition coefficient (Wildman–Crippen LogP) is 4.13. The maximum atomic E-state index is 13.8. The zero-order valence-electron chi connectivity index (χ0n) is 11.3. The molecular weight excluding hydrogens is 331 g/mol. The van der Waals surface area contributed by atoms with Gasteiger partial charge in [0.15, 0.2) is 11.6 Å². The van der Waals surface area contributed by atoms with Crippen molar-refractivity contribution in [3.8, 4) is 10.9 Å². The number of hydrogen-bond donors (Lipinski definition) is 1. The molecule has 1 heterocycles. The Morgan fingerprint density at radius 3 is 2.57 bits per heavy atom. The highest BCUT2D eigenvalue weighted by atomic mass is 32.1. The highest BCUT2D eigenvalue weighted by Gasteiger charge is 2.12. The van der Waals surface area contributed by atoms with Crippen LogP contribution in [0.25, 0.3) is 10.2 Å². The molecule has 4 nitrogen and oxygen atoms in total. The van der Waals surface area contributed by atoms with E-state index in [0.717, 1.165) is 29.5 Å². The second-order valence-corrected chi connectivity index (χ2v) is 5.63. The van der Waals surface area contributed by atoms with Crippen LogP contribution in [0.15, 0.2) is 30.3 Å². The fourth-order valence-electron chi connectivity index (χ4n) is 1.94. The molecule has 0 saturated heterocycles. The first-order valence-electron chi connectivity index (χ1n) is 6.36. The normalized spacial score (nSPS) is 10.9. The van der Waals surface area contributed by atoms with Crippen molar-refractivity contribution in [1.29, 1.82) is 0 Å². The summed E-state index contributed by atoms with van der Waals surface area (Å²) in [4.78, 5) is 14.6. The molecular formula is C15H8F3NO3S. The van der Waals surface area contributed by atoms with Crippen LogP contribution in [0.1, 0.15) is 5.56 Å². The van der Waals surface area contributed by atoms with E-state index < -0.39 is 29.8 Å². The standard InChI is InChI=1S/C15H8F3NO3S/c16-9-4-8(2-1-7(9)3-14(20)21)22-15-19-12-5-10(17)11(18)6-13(12)23-15/h1-2,4-6H,3H2,(H,20,21). The second-order valence-electron chi connectivity index (χ2n) is 4.64. The van der Waals surface area contributed by atoms with Crippen LogP contribution in [0.2, 0.25) is 0 Å². The van der Waals surface area contributed by atoms with E-state index in [1.54, 1.807) is 0 Å². The van der Waals surface area contributed by atoms with Crippen LogP contribution >= 0.6 is 11.3 Å². The number of ether oxygens (including phenoxy) is 1. The Labute approximate surface area is 131 Å². The molecule has 2 aromatic carbocycles. The Morgan fingerprint density at radius 1 is 1.13 bits per heavy atom. The number of halogens is 3. The van der Waals surface area contributed by atoms with Crippen molar-refractivity contribution >= 4 is 27.5 Å². The number of nitrogens with zero attached hydrogens (tertiary/aromatic N) is 1. The van der Waals surface area contributed by atoms with Crippen molar-refractivity contribution in [2.75, 3.05) is 0 Å². The Kier molecular flexibility index (Phi) is 3.91. The van der Waals surface area contributed by atoms with Crippen molar-refractivity contribution in [1.82, 2.24) is 4.98 Å². The van der Waals surface area contributed by atoms with E-state index in [4.69, 9.17) is 9.84 Å². The molecule has 1 aromatic heterocycles. The topological polar surface area (TPSA) is 59.4 Å². The molecule has 1 N–H and O–H groups in total. The quantitative estimate of drug-likeness (QED) is 0.776. The maximum Gasteiger partial charge on any atom is 0.307 e. The van der Waals surface area contributed by atoms with Crippen molar-refractivity contribution in [2.24, 2.45) is 0 Å². The van der Waals surface area contributed by atoms with Gasteiger partial charge in [0.25, 0.3) is 5.19 Å². The van der Waals surface area contributed by atoms with Crippen LogP contribution in [0, 0.1) is 17.5 Å². The number of thiazole rings is 1. The third-order valence-electron chi connectivity index (χ3n) is 2.98.